The molecule has 1 fully saturated rings. The molecular formula is C15H18ClNO3S. The molecule has 0 aromatic heterocycles. The Bertz CT molecular complexity index is 523. The second kappa shape index (κ2) is 7.71. The van der Waals surface area contributed by atoms with Gasteiger partial charge in [0.25, 0.3) is 0 Å². The molecule has 0 unspecified atom stereocenters. The third kappa shape index (κ3) is 4.64. The highest BCUT2D eigenvalue weighted by Crippen LogP contribution is 2.21. The smallest absolute Gasteiger partial charge is 0.326 e. The van der Waals surface area contributed by atoms with Gasteiger partial charge < -0.3 is 10.0 Å². The van der Waals surface area contributed by atoms with Crippen molar-refractivity contribution in [2.24, 2.45) is 0 Å². The monoisotopic (exact) mass is 327 g/mol. The molecule has 0 spiro atoms. The Hall–Kier alpha value is -1.20. The lowest BCUT2D eigenvalue weighted by molar-refractivity contribution is -0.150. The summed E-state index contributed by atoms with van der Waals surface area (Å²) in [5, 5.41) is 9.86. The highest BCUT2D eigenvalue weighted by atomic mass is 35.5. The Kier molecular flexibility index (Phi) is 5.94. The van der Waals surface area contributed by atoms with Gasteiger partial charge in [0.2, 0.25) is 5.91 Å². The van der Waals surface area contributed by atoms with Crippen LogP contribution >= 0.6 is 23.4 Å². The molecule has 1 heterocycles. The van der Waals surface area contributed by atoms with Crippen LogP contribution in [0.2, 0.25) is 5.02 Å². The number of likely N-dealkylation sites (tertiary alicyclic amines) is 1. The lowest BCUT2D eigenvalue weighted by atomic mass is 10.0. The van der Waals surface area contributed by atoms with Crippen LogP contribution in [0.5, 0.6) is 0 Å². The van der Waals surface area contributed by atoms with Crippen molar-refractivity contribution in [2.75, 3.05) is 12.3 Å². The third-order valence-corrected chi connectivity index (χ3v) is 4.72. The molecule has 1 amide bonds. The average molecular weight is 328 g/mol. The maximum Gasteiger partial charge on any atom is 0.326 e. The molecule has 4 nitrogen and oxygen atoms in total. The van der Waals surface area contributed by atoms with Crippen LogP contribution in [0.25, 0.3) is 0 Å². The summed E-state index contributed by atoms with van der Waals surface area (Å²) in [6, 6.07) is 6.87. The van der Waals surface area contributed by atoms with Gasteiger partial charge in [-0.2, -0.15) is 0 Å². The van der Waals surface area contributed by atoms with Crippen LogP contribution in [-0.2, 0) is 15.3 Å². The highest BCUT2D eigenvalue weighted by molar-refractivity contribution is 7.99. The summed E-state index contributed by atoms with van der Waals surface area (Å²) < 4.78 is 0. The molecule has 1 aliphatic heterocycles. The van der Waals surface area contributed by atoms with E-state index < -0.39 is 12.0 Å². The Morgan fingerprint density at radius 2 is 2.19 bits per heavy atom. The maximum atomic E-state index is 12.2. The van der Waals surface area contributed by atoms with Gasteiger partial charge in [-0.15, -0.1) is 11.8 Å². The van der Waals surface area contributed by atoms with Gasteiger partial charge in [-0.25, -0.2) is 4.79 Å². The summed E-state index contributed by atoms with van der Waals surface area (Å²) in [6.07, 6.45) is 2.31. The zero-order valence-corrected chi connectivity index (χ0v) is 13.2. The molecule has 0 radical (unpaired) electrons. The first-order valence-corrected chi connectivity index (χ1v) is 8.45. The molecule has 1 aromatic carbocycles. The fourth-order valence-electron chi connectivity index (χ4n) is 2.45. The van der Waals surface area contributed by atoms with Crippen molar-refractivity contribution in [3.8, 4) is 0 Å². The molecule has 1 saturated heterocycles. The summed E-state index contributed by atoms with van der Waals surface area (Å²) in [5.41, 5.74) is 1.06. The molecule has 0 saturated carbocycles. The molecule has 1 aromatic rings. The van der Waals surface area contributed by atoms with E-state index in [0.29, 0.717) is 29.5 Å². The van der Waals surface area contributed by atoms with E-state index in [1.807, 2.05) is 24.3 Å². The quantitative estimate of drug-likeness (QED) is 0.903. The number of nitrogens with zero attached hydrogens (tertiary/aromatic N) is 1. The van der Waals surface area contributed by atoms with Gasteiger partial charge in [-0.05, 0) is 37.0 Å². The van der Waals surface area contributed by atoms with Gasteiger partial charge in [0.1, 0.15) is 6.04 Å². The first-order valence-electron chi connectivity index (χ1n) is 6.92. The number of halogens is 1. The van der Waals surface area contributed by atoms with Crippen molar-refractivity contribution in [1.82, 2.24) is 4.90 Å². The highest BCUT2D eigenvalue weighted by Gasteiger charge is 2.31. The minimum atomic E-state index is -0.900. The van der Waals surface area contributed by atoms with Gasteiger partial charge in [0.05, 0.1) is 5.75 Å². The third-order valence-electron chi connectivity index (χ3n) is 3.49. The van der Waals surface area contributed by atoms with Crippen LogP contribution in [-0.4, -0.2) is 40.2 Å². The summed E-state index contributed by atoms with van der Waals surface area (Å²) in [6.45, 7) is 0.549. The van der Waals surface area contributed by atoms with E-state index in [1.165, 1.54) is 16.7 Å². The minimum absolute atomic E-state index is 0.0888. The number of benzene rings is 1. The van der Waals surface area contributed by atoms with Gasteiger partial charge in [-0.1, -0.05) is 23.7 Å². The Labute approximate surface area is 133 Å². The first-order chi connectivity index (χ1) is 10.1. The van der Waals surface area contributed by atoms with E-state index in [9.17, 15) is 14.7 Å². The maximum absolute atomic E-state index is 12.2. The van der Waals surface area contributed by atoms with Crippen LogP contribution in [0.15, 0.2) is 24.3 Å². The van der Waals surface area contributed by atoms with Gasteiger partial charge >= 0.3 is 5.97 Å². The van der Waals surface area contributed by atoms with E-state index >= 15 is 0 Å². The van der Waals surface area contributed by atoms with Crippen molar-refractivity contribution >= 4 is 35.2 Å². The minimum Gasteiger partial charge on any atom is -0.480 e. The number of hydrogen-bond acceptors (Lipinski definition) is 3. The van der Waals surface area contributed by atoms with Gasteiger partial charge in [-0.3, -0.25) is 4.79 Å². The van der Waals surface area contributed by atoms with E-state index in [1.54, 1.807) is 0 Å². The van der Waals surface area contributed by atoms with E-state index in [-0.39, 0.29) is 5.91 Å². The second-order valence-corrected chi connectivity index (χ2v) is 6.48. The van der Waals surface area contributed by atoms with Crippen molar-refractivity contribution in [1.29, 1.82) is 0 Å². The molecule has 114 valence electrons. The molecule has 1 aliphatic rings. The lowest BCUT2D eigenvalue weighted by Crippen LogP contribution is -2.48. The molecule has 1 atom stereocenters. The molecule has 0 aliphatic carbocycles. The predicted octanol–water partition coefficient (Wildman–Crippen LogP) is 3.04. The Morgan fingerprint density at radius 3 is 2.90 bits per heavy atom. The Morgan fingerprint density at radius 1 is 1.38 bits per heavy atom. The summed E-state index contributed by atoms with van der Waals surface area (Å²) in [4.78, 5) is 24.9. The predicted molar refractivity (Wildman–Crippen MR) is 84.6 cm³/mol. The van der Waals surface area contributed by atoms with Gasteiger partial charge in [0.15, 0.2) is 0 Å². The SMILES string of the molecule is O=C(O)[C@@H]1CCCCN1C(=O)CSCc1cccc(Cl)c1. The summed E-state index contributed by atoms with van der Waals surface area (Å²) in [5.74, 6) is 0.00535. The topological polar surface area (TPSA) is 57.6 Å². The number of thioether (sulfide) groups is 1. The largest absolute Gasteiger partial charge is 0.480 e. The van der Waals surface area contributed by atoms with Gasteiger partial charge in [0, 0.05) is 17.3 Å². The number of piperidine rings is 1. The summed E-state index contributed by atoms with van der Waals surface area (Å²) >= 11 is 7.40. The number of carbonyl (C=O) groups excluding carboxylic acids is 1. The molecular weight excluding hydrogens is 310 g/mol. The second-order valence-electron chi connectivity index (χ2n) is 5.06. The van der Waals surface area contributed by atoms with Crippen molar-refractivity contribution in [3.05, 3.63) is 34.9 Å². The molecule has 6 heteroatoms. The number of carbonyl (C=O) groups is 2. The average Bonchev–Trinajstić information content (AvgIpc) is 2.47. The van der Waals surface area contributed by atoms with Crippen LogP contribution in [0.4, 0.5) is 0 Å². The van der Waals surface area contributed by atoms with E-state index in [2.05, 4.69) is 0 Å². The molecule has 21 heavy (non-hydrogen) atoms. The number of aliphatic carboxylic acids is 1. The number of amides is 1. The van der Waals surface area contributed by atoms with E-state index in [4.69, 9.17) is 11.6 Å². The standard InChI is InChI=1S/C15H18ClNO3S/c16-12-5-3-4-11(8-12)9-21-10-14(18)17-7-2-1-6-13(17)15(19)20/h3-5,8,13H,1-2,6-7,9-10H2,(H,19,20)/t13-/m0/s1. The normalized spacial score (nSPS) is 18.5. The fourth-order valence-corrected chi connectivity index (χ4v) is 3.52. The van der Waals surface area contributed by atoms with Crippen LogP contribution in [0.3, 0.4) is 0 Å². The molecule has 2 rings (SSSR count). The molecule has 1 N–H and O–H groups in total. The van der Waals surface area contributed by atoms with Crippen molar-refractivity contribution < 1.29 is 14.7 Å². The van der Waals surface area contributed by atoms with Crippen LogP contribution in [0.1, 0.15) is 24.8 Å². The summed E-state index contributed by atoms with van der Waals surface area (Å²) in [7, 11) is 0. The van der Waals surface area contributed by atoms with E-state index in [0.717, 1.165) is 18.4 Å². The fraction of sp³-hybridized carbons (Fsp3) is 0.467. The Balaban J connectivity index is 1.84. The van der Waals surface area contributed by atoms with Crippen molar-refractivity contribution in [3.63, 3.8) is 0 Å². The van der Waals surface area contributed by atoms with Crippen LogP contribution < -0.4 is 0 Å². The van der Waals surface area contributed by atoms with Crippen molar-refractivity contribution in [2.45, 2.75) is 31.1 Å². The zero-order chi connectivity index (χ0) is 15.2. The zero-order valence-electron chi connectivity index (χ0n) is 11.6. The molecule has 0 bridgehead atoms. The first kappa shape index (κ1) is 16.2. The number of rotatable bonds is 5. The number of carboxylic acids is 1. The lowest BCUT2D eigenvalue weighted by Gasteiger charge is -2.32. The number of hydrogen-bond donors (Lipinski definition) is 1. The number of carboxylic acid groups (broad SMARTS) is 1. The van der Waals surface area contributed by atoms with Crippen LogP contribution in [0, 0.1) is 0 Å².